The van der Waals surface area contributed by atoms with E-state index in [-0.39, 0.29) is 18.4 Å². The van der Waals surface area contributed by atoms with E-state index >= 15 is 0 Å². The number of carbonyl (C=O) groups excluding carboxylic acids is 2. The molecule has 0 aliphatic rings. The molecule has 0 aliphatic heterocycles. The highest BCUT2D eigenvalue weighted by Gasteiger charge is 2.05. The number of amides is 2. The quantitative estimate of drug-likeness (QED) is 0.397. The van der Waals surface area contributed by atoms with E-state index in [1.54, 1.807) is 42.5 Å². The van der Waals surface area contributed by atoms with Crippen LogP contribution < -0.4 is 15.5 Å². The first-order valence-electron chi connectivity index (χ1n) is 9.18. The highest BCUT2D eigenvalue weighted by atomic mass is 79.9. The average molecular weight is 466 g/mol. The van der Waals surface area contributed by atoms with Gasteiger partial charge in [-0.25, -0.2) is 5.43 Å². The average Bonchev–Trinajstić information content (AvgIpc) is 2.73. The lowest BCUT2D eigenvalue weighted by Crippen LogP contribution is -2.20. The summed E-state index contributed by atoms with van der Waals surface area (Å²) in [6.07, 6.45) is 1.51. The van der Waals surface area contributed by atoms with Crippen molar-refractivity contribution in [1.29, 1.82) is 0 Å². The predicted molar refractivity (Wildman–Crippen MR) is 121 cm³/mol. The van der Waals surface area contributed by atoms with Crippen molar-refractivity contribution < 1.29 is 14.3 Å². The number of nitrogens with zero attached hydrogens (tertiary/aromatic N) is 1. The summed E-state index contributed by atoms with van der Waals surface area (Å²) in [5, 5.41) is 6.76. The van der Waals surface area contributed by atoms with Gasteiger partial charge in [-0.1, -0.05) is 40.2 Å². The number of hydrogen-bond donors (Lipinski definition) is 2. The van der Waals surface area contributed by atoms with Gasteiger partial charge in [0.1, 0.15) is 5.75 Å². The molecule has 0 fully saturated rings. The third-order valence-corrected chi connectivity index (χ3v) is 4.54. The van der Waals surface area contributed by atoms with E-state index in [9.17, 15) is 9.59 Å². The lowest BCUT2D eigenvalue weighted by atomic mass is 10.2. The van der Waals surface area contributed by atoms with Gasteiger partial charge >= 0.3 is 0 Å². The van der Waals surface area contributed by atoms with Gasteiger partial charge in [0.05, 0.1) is 6.21 Å². The second-order valence-electron chi connectivity index (χ2n) is 6.48. The number of halogens is 1. The van der Waals surface area contributed by atoms with E-state index in [0.717, 1.165) is 21.3 Å². The van der Waals surface area contributed by atoms with Crippen LogP contribution in [0, 0.1) is 6.92 Å². The molecule has 0 saturated carbocycles. The van der Waals surface area contributed by atoms with Gasteiger partial charge in [-0.15, -0.1) is 0 Å². The van der Waals surface area contributed by atoms with E-state index in [4.69, 9.17) is 4.74 Å². The molecule has 0 saturated heterocycles. The first kappa shape index (κ1) is 21.3. The summed E-state index contributed by atoms with van der Waals surface area (Å²) in [7, 11) is 0. The Hall–Kier alpha value is -3.45. The standard InChI is InChI=1S/C23H20BrN3O3/c1-16-4-2-6-20(12-16)26-22(28)15-30-21-7-3-5-17(13-21)14-25-27-23(29)18-8-10-19(24)11-9-18/h2-14H,15H2,1H3,(H,26,28)(H,27,29)/b25-14+. The summed E-state index contributed by atoms with van der Waals surface area (Å²) in [6, 6.07) is 21.6. The molecule has 152 valence electrons. The summed E-state index contributed by atoms with van der Waals surface area (Å²) in [5.41, 5.74) is 5.50. The normalized spacial score (nSPS) is 10.6. The monoisotopic (exact) mass is 465 g/mol. The summed E-state index contributed by atoms with van der Waals surface area (Å²) < 4.78 is 6.45. The third-order valence-electron chi connectivity index (χ3n) is 4.02. The third kappa shape index (κ3) is 6.56. The Balaban J connectivity index is 1.51. The molecule has 0 radical (unpaired) electrons. The molecule has 3 rings (SSSR count). The van der Waals surface area contributed by atoms with Crippen molar-refractivity contribution in [2.45, 2.75) is 6.92 Å². The zero-order valence-electron chi connectivity index (χ0n) is 16.3. The smallest absolute Gasteiger partial charge is 0.271 e. The van der Waals surface area contributed by atoms with Crippen LogP contribution in [0.2, 0.25) is 0 Å². The number of hydrazone groups is 1. The molecule has 3 aromatic carbocycles. The topological polar surface area (TPSA) is 79.8 Å². The molecule has 0 bridgehead atoms. The minimum absolute atomic E-state index is 0.116. The lowest BCUT2D eigenvalue weighted by molar-refractivity contribution is -0.118. The van der Waals surface area contributed by atoms with Gasteiger partial charge in [0, 0.05) is 15.7 Å². The summed E-state index contributed by atoms with van der Waals surface area (Å²) in [6.45, 7) is 1.84. The molecule has 0 unspecified atom stereocenters. The Labute approximate surface area is 183 Å². The highest BCUT2D eigenvalue weighted by molar-refractivity contribution is 9.10. The number of carbonyl (C=O) groups is 2. The maximum atomic E-state index is 12.1. The van der Waals surface area contributed by atoms with Crippen molar-refractivity contribution in [3.8, 4) is 5.75 Å². The molecule has 0 aliphatic carbocycles. The minimum Gasteiger partial charge on any atom is -0.484 e. The molecule has 7 heteroatoms. The largest absolute Gasteiger partial charge is 0.484 e. The molecular formula is C23H20BrN3O3. The van der Waals surface area contributed by atoms with Gasteiger partial charge in [0.25, 0.3) is 11.8 Å². The molecule has 2 amide bonds. The number of aryl methyl sites for hydroxylation is 1. The maximum Gasteiger partial charge on any atom is 0.271 e. The van der Waals surface area contributed by atoms with Gasteiger partial charge < -0.3 is 10.1 Å². The van der Waals surface area contributed by atoms with Crippen LogP contribution in [0.1, 0.15) is 21.5 Å². The highest BCUT2D eigenvalue weighted by Crippen LogP contribution is 2.13. The van der Waals surface area contributed by atoms with Crippen molar-refractivity contribution in [3.63, 3.8) is 0 Å². The lowest BCUT2D eigenvalue weighted by Gasteiger charge is -2.08. The molecule has 0 aromatic heterocycles. The van der Waals surface area contributed by atoms with E-state index < -0.39 is 0 Å². The fraction of sp³-hybridized carbons (Fsp3) is 0.0870. The van der Waals surface area contributed by atoms with Gasteiger partial charge in [0.15, 0.2) is 6.61 Å². The Morgan fingerprint density at radius 1 is 1.03 bits per heavy atom. The molecule has 6 nitrogen and oxygen atoms in total. The predicted octanol–water partition coefficient (Wildman–Crippen LogP) is 4.54. The molecule has 30 heavy (non-hydrogen) atoms. The molecule has 3 aromatic rings. The Morgan fingerprint density at radius 2 is 1.80 bits per heavy atom. The number of benzene rings is 3. The first-order chi connectivity index (χ1) is 14.5. The van der Waals surface area contributed by atoms with E-state index in [2.05, 4.69) is 31.8 Å². The minimum atomic E-state index is -0.307. The summed E-state index contributed by atoms with van der Waals surface area (Å²) >= 11 is 3.33. The number of nitrogens with one attached hydrogen (secondary N) is 2. The number of anilines is 1. The van der Waals surface area contributed by atoms with Gasteiger partial charge in [-0.3, -0.25) is 9.59 Å². The number of rotatable bonds is 7. The van der Waals surface area contributed by atoms with Crippen molar-refractivity contribution in [3.05, 3.63) is 94.0 Å². The first-order valence-corrected chi connectivity index (χ1v) is 9.97. The Morgan fingerprint density at radius 3 is 2.57 bits per heavy atom. The molecular weight excluding hydrogens is 446 g/mol. The van der Waals surface area contributed by atoms with E-state index in [1.165, 1.54) is 6.21 Å². The SMILES string of the molecule is Cc1cccc(NC(=O)COc2cccc(/C=N/NC(=O)c3ccc(Br)cc3)c2)c1. The van der Waals surface area contributed by atoms with Crippen LogP contribution in [-0.2, 0) is 4.79 Å². The van der Waals surface area contributed by atoms with Gasteiger partial charge in [-0.2, -0.15) is 5.10 Å². The van der Waals surface area contributed by atoms with Crippen molar-refractivity contribution in [1.82, 2.24) is 5.43 Å². The number of ether oxygens (including phenoxy) is 1. The summed E-state index contributed by atoms with van der Waals surface area (Å²) in [4.78, 5) is 24.1. The zero-order valence-corrected chi connectivity index (χ0v) is 17.8. The van der Waals surface area contributed by atoms with Gasteiger partial charge in [0.2, 0.25) is 0 Å². The van der Waals surface area contributed by atoms with Crippen molar-refractivity contribution >= 4 is 39.6 Å². The van der Waals surface area contributed by atoms with Crippen LogP contribution >= 0.6 is 15.9 Å². The van der Waals surface area contributed by atoms with Gasteiger partial charge in [-0.05, 0) is 66.6 Å². The molecule has 0 spiro atoms. The maximum absolute atomic E-state index is 12.1. The molecule has 0 heterocycles. The van der Waals surface area contributed by atoms with Crippen LogP contribution in [0.5, 0.6) is 5.75 Å². The second-order valence-corrected chi connectivity index (χ2v) is 7.40. The van der Waals surface area contributed by atoms with Crippen LogP contribution in [-0.4, -0.2) is 24.6 Å². The Bertz CT molecular complexity index is 1070. The molecule has 0 atom stereocenters. The number of hydrogen-bond acceptors (Lipinski definition) is 4. The van der Waals surface area contributed by atoms with Crippen LogP contribution in [0.4, 0.5) is 5.69 Å². The zero-order chi connectivity index (χ0) is 21.3. The fourth-order valence-corrected chi connectivity index (χ4v) is 2.85. The molecule has 2 N–H and O–H groups in total. The Kier molecular flexibility index (Phi) is 7.34. The summed E-state index contributed by atoms with van der Waals surface area (Å²) in [5.74, 6) is -0.0296. The van der Waals surface area contributed by atoms with E-state index in [0.29, 0.717) is 11.3 Å². The van der Waals surface area contributed by atoms with Crippen molar-refractivity contribution in [2.24, 2.45) is 5.10 Å². The van der Waals surface area contributed by atoms with Crippen molar-refractivity contribution in [2.75, 3.05) is 11.9 Å². The fourth-order valence-electron chi connectivity index (χ4n) is 2.58. The van der Waals surface area contributed by atoms with Crippen LogP contribution in [0.3, 0.4) is 0 Å². The van der Waals surface area contributed by atoms with E-state index in [1.807, 2.05) is 37.3 Å². The van der Waals surface area contributed by atoms with Crippen LogP contribution in [0.25, 0.3) is 0 Å². The second kappa shape index (κ2) is 10.4. The van der Waals surface area contributed by atoms with Crippen LogP contribution in [0.15, 0.2) is 82.4 Å².